The van der Waals surface area contributed by atoms with E-state index < -0.39 is 0 Å². The fourth-order valence-electron chi connectivity index (χ4n) is 3.16. The van der Waals surface area contributed by atoms with Crippen LogP contribution in [0.1, 0.15) is 31.2 Å². The lowest BCUT2D eigenvalue weighted by Crippen LogP contribution is -1.97. The highest BCUT2D eigenvalue weighted by Gasteiger charge is 2.10. The summed E-state index contributed by atoms with van der Waals surface area (Å²) < 4.78 is 0. The van der Waals surface area contributed by atoms with Crippen LogP contribution < -0.4 is 5.32 Å². The molecule has 2 aromatic carbocycles. The third kappa shape index (κ3) is 3.13. The molecule has 0 amide bonds. The van der Waals surface area contributed by atoms with Crippen molar-refractivity contribution in [3.05, 3.63) is 65.5 Å². The van der Waals surface area contributed by atoms with Crippen molar-refractivity contribution in [2.45, 2.75) is 25.7 Å². The molecule has 1 aliphatic carbocycles. The number of anilines is 2. The number of nitrogens with zero attached hydrogens (tertiary/aromatic N) is 2. The first-order valence-electron chi connectivity index (χ1n) is 8.26. The molecular weight excluding hydrogens is 318 g/mol. The van der Waals surface area contributed by atoms with E-state index in [-0.39, 0.29) is 0 Å². The van der Waals surface area contributed by atoms with Gasteiger partial charge in [0.25, 0.3) is 0 Å². The van der Waals surface area contributed by atoms with Crippen molar-refractivity contribution in [3.8, 4) is 0 Å². The van der Waals surface area contributed by atoms with Gasteiger partial charge in [-0.2, -0.15) is 0 Å². The fourth-order valence-corrected chi connectivity index (χ4v) is 3.35. The lowest BCUT2D eigenvalue weighted by molar-refractivity contribution is 0.742. The van der Waals surface area contributed by atoms with Gasteiger partial charge in [0.1, 0.15) is 12.1 Å². The maximum Gasteiger partial charge on any atom is 0.141 e. The second kappa shape index (κ2) is 6.62. The zero-order chi connectivity index (χ0) is 16.4. The predicted molar refractivity (Wildman–Crippen MR) is 101 cm³/mol. The minimum absolute atomic E-state index is 0.700. The highest BCUT2D eigenvalue weighted by molar-refractivity contribution is 6.30. The monoisotopic (exact) mass is 335 g/mol. The summed E-state index contributed by atoms with van der Waals surface area (Å²) in [5.41, 5.74) is 4.56. The molecule has 0 saturated carbocycles. The van der Waals surface area contributed by atoms with E-state index in [0.717, 1.165) is 28.8 Å². The molecule has 3 aromatic rings. The summed E-state index contributed by atoms with van der Waals surface area (Å²) in [6.07, 6.45) is 8.83. The van der Waals surface area contributed by atoms with E-state index in [9.17, 15) is 0 Å². The Morgan fingerprint density at radius 3 is 2.79 bits per heavy atom. The van der Waals surface area contributed by atoms with Crippen LogP contribution >= 0.6 is 11.6 Å². The SMILES string of the molecule is Clc1cccc(Nc2ncnc3ccc(C4=CCCCC4)cc23)c1. The van der Waals surface area contributed by atoms with Crippen molar-refractivity contribution in [2.24, 2.45) is 0 Å². The van der Waals surface area contributed by atoms with Gasteiger partial charge in [-0.1, -0.05) is 29.8 Å². The normalized spacial score (nSPS) is 14.5. The molecule has 1 heterocycles. The van der Waals surface area contributed by atoms with Crippen LogP contribution in [0.3, 0.4) is 0 Å². The van der Waals surface area contributed by atoms with Crippen molar-refractivity contribution in [1.29, 1.82) is 0 Å². The van der Waals surface area contributed by atoms with Gasteiger partial charge < -0.3 is 5.32 Å². The molecular formula is C20H18ClN3. The van der Waals surface area contributed by atoms with Crippen LogP contribution in [0.15, 0.2) is 54.9 Å². The zero-order valence-electron chi connectivity index (χ0n) is 13.3. The molecule has 120 valence electrons. The Labute approximate surface area is 146 Å². The second-order valence-electron chi connectivity index (χ2n) is 6.06. The average Bonchev–Trinajstić information content (AvgIpc) is 2.62. The van der Waals surface area contributed by atoms with E-state index in [1.807, 2.05) is 24.3 Å². The van der Waals surface area contributed by atoms with Gasteiger partial charge in [-0.3, -0.25) is 0 Å². The Morgan fingerprint density at radius 1 is 1.00 bits per heavy atom. The summed E-state index contributed by atoms with van der Waals surface area (Å²) in [4.78, 5) is 8.82. The minimum Gasteiger partial charge on any atom is -0.340 e. The van der Waals surface area contributed by atoms with Crippen molar-refractivity contribution < 1.29 is 0 Å². The zero-order valence-corrected chi connectivity index (χ0v) is 14.1. The first kappa shape index (κ1) is 15.2. The number of rotatable bonds is 3. The van der Waals surface area contributed by atoms with Crippen LogP contribution in [0.25, 0.3) is 16.5 Å². The molecule has 0 fully saturated rings. The Hall–Kier alpha value is -2.39. The maximum atomic E-state index is 6.08. The number of benzene rings is 2. The number of allylic oxidation sites excluding steroid dienone is 2. The summed E-state index contributed by atoms with van der Waals surface area (Å²) in [5, 5.41) is 5.09. The number of hydrogen-bond acceptors (Lipinski definition) is 3. The molecule has 0 saturated heterocycles. The van der Waals surface area contributed by atoms with Gasteiger partial charge in [-0.05, 0) is 67.2 Å². The fraction of sp³-hybridized carbons (Fsp3) is 0.200. The molecule has 0 spiro atoms. The topological polar surface area (TPSA) is 37.8 Å². The molecule has 1 aliphatic rings. The summed E-state index contributed by atoms with van der Waals surface area (Å²) in [5.74, 6) is 0.806. The van der Waals surface area contributed by atoms with Crippen molar-refractivity contribution in [2.75, 3.05) is 5.32 Å². The van der Waals surface area contributed by atoms with Crippen LogP contribution in [-0.2, 0) is 0 Å². The Balaban J connectivity index is 1.76. The van der Waals surface area contributed by atoms with Crippen LogP contribution in [0.4, 0.5) is 11.5 Å². The quantitative estimate of drug-likeness (QED) is 0.639. The molecule has 0 unspecified atom stereocenters. The Bertz CT molecular complexity index is 918. The smallest absolute Gasteiger partial charge is 0.141 e. The van der Waals surface area contributed by atoms with Gasteiger partial charge >= 0.3 is 0 Å². The summed E-state index contributed by atoms with van der Waals surface area (Å²) in [6, 6.07) is 14.1. The lowest BCUT2D eigenvalue weighted by atomic mass is 9.93. The summed E-state index contributed by atoms with van der Waals surface area (Å²) >= 11 is 6.08. The van der Waals surface area contributed by atoms with Gasteiger partial charge in [-0.15, -0.1) is 0 Å². The molecule has 1 aromatic heterocycles. The average molecular weight is 336 g/mol. The van der Waals surface area contributed by atoms with Crippen molar-refractivity contribution in [3.63, 3.8) is 0 Å². The van der Waals surface area contributed by atoms with E-state index in [4.69, 9.17) is 11.6 Å². The van der Waals surface area contributed by atoms with Gasteiger partial charge in [0, 0.05) is 16.1 Å². The molecule has 4 heteroatoms. The van der Waals surface area contributed by atoms with Gasteiger partial charge in [0.15, 0.2) is 0 Å². The van der Waals surface area contributed by atoms with E-state index >= 15 is 0 Å². The van der Waals surface area contributed by atoms with Gasteiger partial charge in [0.2, 0.25) is 0 Å². The Morgan fingerprint density at radius 2 is 1.96 bits per heavy atom. The Kier molecular flexibility index (Phi) is 4.18. The second-order valence-corrected chi connectivity index (χ2v) is 6.50. The van der Waals surface area contributed by atoms with E-state index in [1.165, 1.54) is 30.4 Å². The van der Waals surface area contributed by atoms with E-state index in [1.54, 1.807) is 6.33 Å². The molecule has 3 nitrogen and oxygen atoms in total. The largest absolute Gasteiger partial charge is 0.340 e. The molecule has 4 rings (SSSR count). The van der Waals surface area contributed by atoms with Crippen LogP contribution in [0.5, 0.6) is 0 Å². The molecule has 1 N–H and O–H groups in total. The van der Waals surface area contributed by atoms with Crippen molar-refractivity contribution in [1.82, 2.24) is 9.97 Å². The third-order valence-corrected chi connectivity index (χ3v) is 4.62. The number of aromatic nitrogens is 2. The van der Waals surface area contributed by atoms with Crippen LogP contribution in [0, 0.1) is 0 Å². The van der Waals surface area contributed by atoms with Crippen LogP contribution in [0.2, 0.25) is 5.02 Å². The summed E-state index contributed by atoms with van der Waals surface area (Å²) in [6.45, 7) is 0. The molecule has 0 atom stereocenters. The predicted octanol–water partition coefficient (Wildman–Crippen LogP) is 5.98. The number of halogens is 1. The minimum atomic E-state index is 0.700. The number of nitrogens with one attached hydrogen (secondary N) is 1. The maximum absolute atomic E-state index is 6.08. The molecule has 0 aliphatic heterocycles. The van der Waals surface area contributed by atoms with E-state index in [2.05, 4.69) is 39.6 Å². The van der Waals surface area contributed by atoms with Gasteiger partial charge in [0.05, 0.1) is 5.52 Å². The number of fused-ring (bicyclic) bond motifs is 1. The standard InChI is InChI=1S/C20H18ClN3/c21-16-7-4-8-17(12-16)24-20-18-11-15(14-5-2-1-3-6-14)9-10-19(18)22-13-23-20/h4-5,7-13H,1-3,6H2,(H,22,23,24). The van der Waals surface area contributed by atoms with Crippen LogP contribution in [-0.4, -0.2) is 9.97 Å². The summed E-state index contributed by atoms with van der Waals surface area (Å²) in [7, 11) is 0. The molecule has 24 heavy (non-hydrogen) atoms. The van der Waals surface area contributed by atoms with Crippen molar-refractivity contribution >= 4 is 39.6 Å². The molecule has 0 bridgehead atoms. The molecule has 0 radical (unpaired) electrons. The lowest BCUT2D eigenvalue weighted by Gasteiger charge is -2.14. The number of hydrogen-bond donors (Lipinski definition) is 1. The third-order valence-electron chi connectivity index (χ3n) is 4.38. The first-order valence-corrected chi connectivity index (χ1v) is 8.64. The van der Waals surface area contributed by atoms with E-state index in [0.29, 0.717) is 5.02 Å². The first-order chi connectivity index (χ1) is 11.8. The highest BCUT2D eigenvalue weighted by Crippen LogP contribution is 2.31. The van der Waals surface area contributed by atoms with Gasteiger partial charge in [-0.25, -0.2) is 9.97 Å². The highest BCUT2D eigenvalue weighted by atomic mass is 35.5.